The van der Waals surface area contributed by atoms with Gasteiger partial charge in [0.05, 0.1) is 7.11 Å². The summed E-state index contributed by atoms with van der Waals surface area (Å²) in [5.74, 6) is 3.79. The molecule has 1 aliphatic rings. The van der Waals surface area contributed by atoms with Crippen LogP contribution in [0.3, 0.4) is 0 Å². The molecule has 0 radical (unpaired) electrons. The van der Waals surface area contributed by atoms with Crippen molar-refractivity contribution in [2.24, 2.45) is 11.8 Å². The molecular weight excluding hydrogens is 228 g/mol. The van der Waals surface area contributed by atoms with Crippen LogP contribution in [-0.2, 0) is 0 Å². The van der Waals surface area contributed by atoms with Crippen LogP contribution in [0.25, 0.3) is 0 Å². The SMILES string of the molecule is CCNc1ncnc(NCC(C)C2CC2)c1OC. The second-order valence-corrected chi connectivity index (χ2v) is 4.83. The third-order valence-electron chi connectivity index (χ3n) is 3.37. The summed E-state index contributed by atoms with van der Waals surface area (Å²) in [7, 11) is 1.65. The number of anilines is 2. The van der Waals surface area contributed by atoms with Gasteiger partial charge in [-0.25, -0.2) is 9.97 Å². The van der Waals surface area contributed by atoms with Crippen molar-refractivity contribution in [1.29, 1.82) is 0 Å². The molecule has 1 fully saturated rings. The van der Waals surface area contributed by atoms with Crippen LogP contribution in [-0.4, -0.2) is 30.2 Å². The van der Waals surface area contributed by atoms with Gasteiger partial charge < -0.3 is 15.4 Å². The fourth-order valence-corrected chi connectivity index (χ4v) is 2.08. The number of aromatic nitrogens is 2. The lowest BCUT2D eigenvalue weighted by molar-refractivity contribution is 0.414. The van der Waals surface area contributed by atoms with Crippen molar-refractivity contribution in [2.75, 3.05) is 30.8 Å². The largest absolute Gasteiger partial charge is 0.490 e. The smallest absolute Gasteiger partial charge is 0.204 e. The average molecular weight is 250 g/mol. The molecule has 1 aromatic rings. The predicted molar refractivity (Wildman–Crippen MR) is 73.1 cm³/mol. The lowest BCUT2D eigenvalue weighted by Crippen LogP contribution is -2.15. The Hall–Kier alpha value is -1.52. The maximum atomic E-state index is 5.39. The van der Waals surface area contributed by atoms with Gasteiger partial charge in [0, 0.05) is 13.1 Å². The first kappa shape index (κ1) is 12.9. The monoisotopic (exact) mass is 250 g/mol. The van der Waals surface area contributed by atoms with E-state index >= 15 is 0 Å². The second kappa shape index (κ2) is 5.89. The Kier molecular flexibility index (Phi) is 4.23. The van der Waals surface area contributed by atoms with Crippen LogP contribution in [0.15, 0.2) is 6.33 Å². The number of nitrogens with one attached hydrogen (secondary N) is 2. The molecule has 5 heteroatoms. The molecule has 1 atom stereocenters. The number of rotatable bonds is 7. The summed E-state index contributed by atoms with van der Waals surface area (Å²) in [5, 5.41) is 6.54. The van der Waals surface area contributed by atoms with Crippen LogP contribution in [0.1, 0.15) is 26.7 Å². The van der Waals surface area contributed by atoms with Crippen molar-refractivity contribution >= 4 is 11.6 Å². The van der Waals surface area contributed by atoms with E-state index in [0.717, 1.165) is 30.6 Å². The summed E-state index contributed by atoms with van der Waals surface area (Å²) in [6, 6.07) is 0. The van der Waals surface area contributed by atoms with E-state index in [-0.39, 0.29) is 0 Å². The van der Waals surface area contributed by atoms with Gasteiger partial charge in [-0.2, -0.15) is 0 Å². The van der Waals surface area contributed by atoms with Gasteiger partial charge in [-0.15, -0.1) is 0 Å². The molecule has 0 amide bonds. The van der Waals surface area contributed by atoms with Crippen molar-refractivity contribution in [2.45, 2.75) is 26.7 Å². The van der Waals surface area contributed by atoms with E-state index in [1.54, 1.807) is 13.4 Å². The summed E-state index contributed by atoms with van der Waals surface area (Å²) in [6.45, 7) is 6.06. The highest BCUT2D eigenvalue weighted by molar-refractivity contribution is 5.63. The van der Waals surface area contributed by atoms with Crippen molar-refractivity contribution in [1.82, 2.24) is 9.97 Å². The van der Waals surface area contributed by atoms with E-state index < -0.39 is 0 Å². The Bertz CT molecular complexity index is 393. The summed E-state index contributed by atoms with van der Waals surface area (Å²) in [6.07, 6.45) is 4.30. The molecule has 2 rings (SSSR count). The van der Waals surface area contributed by atoms with Crippen molar-refractivity contribution < 1.29 is 4.74 Å². The van der Waals surface area contributed by atoms with Gasteiger partial charge in [-0.05, 0) is 31.6 Å². The number of methoxy groups -OCH3 is 1. The molecular formula is C13H22N4O. The minimum absolute atomic E-state index is 0.687. The second-order valence-electron chi connectivity index (χ2n) is 4.83. The van der Waals surface area contributed by atoms with E-state index in [1.165, 1.54) is 12.8 Å². The van der Waals surface area contributed by atoms with E-state index in [9.17, 15) is 0 Å². The lowest BCUT2D eigenvalue weighted by atomic mass is 10.1. The van der Waals surface area contributed by atoms with Crippen LogP contribution in [0, 0.1) is 11.8 Å². The minimum atomic E-state index is 0.687. The quantitative estimate of drug-likeness (QED) is 0.778. The average Bonchev–Trinajstić information content (AvgIpc) is 3.20. The van der Waals surface area contributed by atoms with Crippen LogP contribution in [0.5, 0.6) is 5.75 Å². The molecule has 0 aliphatic heterocycles. The summed E-state index contributed by atoms with van der Waals surface area (Å²) >= 11 is 0. The molecule has 1 heterocycles. The Morgan fingerprint density at radius 2 is 2.00 bits per heavy atom. The van der Waals surface area contributed by atoms with Gasteiger partial charge in [-0.1, -0.05) is 6.92 Å². The predicted octanol–water partition coefficient (Wildman–Crippen LogP) is 2.38. The third kappa shape index (κ3) is 3.03. The first-order valence-corrected chi connectivity index (χ1v) is 6.63. The molecule has 1 aliphatic carbocycles. The summed E-state index contributed by atoms with van der Waals surface area (Å²) < 4.78 is 5.39. The van der Waals surface area contributed by atoms with E-state index in [2.05, 4.69) is 27.5 Å². The molecule has 1 aromatic heterocycles. The van der Waals surface area contributed by atoms with Crippen LogP contribution in [0.2, 0.25) is 0 Å². The maximum Gasteiger partial charge on any atom is 0.204 e. The highest BCUT2D eigenvalue weighted by Crippen LogP contribution is 2.37. The zero-order chi connectivity index (χ0) is 13.0. The van der Waals surface area contributed by atoms with E-state index in [4.69, 9.17) is 4.74 Å². The molecule has 1 saturated carbocycles. The molecule has 5 nitrogen and oxygen atoms in total. The van der Waals surface area contributed by atoms with Gasteiger partial charge in [0.2, 0.25) is 5.75 Å². The minimum Gasteiger partial charge on any atom is -0.490 e. The van der Waals surface area contributed by atoms with Crippen LogP contribution >= 0.6 is 0 Å². The van der Waals surface area contributed by atoms with Crippen LogP contribution < -0.4 is 15.4 Å². The highest BCUT2D eigenvalue weighted by atomic mass is 16.5. The molecule has 1 unspecified atom stereocenters. The molecule has 0 spiro atoms. The van der Waals surface area contributed by atoms with Crippen molar-refractivity contribution in [3.05, 3.63) is 6.33 Å². The van der Waals surface area contributed by atoms with E-state index in [1.807, 2.05) is 6.92 Å². The fourth-order valence-electron chi connectivity index (χ4n) is 2.08. The Balaban J connectivity index is 2.03. The molecule has 0 saturated heterocycles. The van der Waals surface area contributed by atoms with Gasteiger partial charge in [0.15, 0.2) is 11.6 Å². The first-order valence-electron chi connectivity index (χ1n) is 6.63. The standard InChI is InChI=1S/C13H22N4O/c1-4-14-12-11(18-3)13(17-8-16-12)15-7-9(2)10-5-6-10/h8-10H,4-7H2,1-3H3,(H2,14,15,16,17). The van der Waals surface area contributed by atoms with Gasteiger partial charge in [-0.3, -0.25) is 0 Å². The maximum absolute atomic E-state index is 5.39. The fraction of sp³-hybridized carbons (Fsp3) is 0.692. The zero-order valence-corrected chi connectivity index (χ0v) is 11.4. The van der Waals surface area contributed by atoms with Crippen molar-refractivity contribution in [3.8, 4) is 5.75 Å². The summed E-state index contributed by atoms with van der Waals surface area (Å²) in [5.41, 5.74) is 0. The Morgan fingerprint density at radius 3 is 2.56 bits per heavy atom. The lowest BCUT2D eigenvalue weighted by Gasteiger charge is -2.16. The topological polar surface area (TPSA) is 59.1 Å². The van der Waals surface area contributed by atoms with Crippen molar-refractivity contribution in [3.63, 3.8) is 0 Å². The molecule has 0 aromatic carbocycles. The number of hydrogen-bond acceptors (Lipinski definition) is 5. The molecule has 100 valence electrons. The summed E-state index contributed by atoms with van der Waals surface area (Å²) in [4.78, 5) is 8.44. The highest BCUT2D eigenvalue weighted by Gasteiger charge is 2.27. The van der Waals surface area contributed by atoms with E-state index in [0.29, 0.717) is 11.7 Å². The molecule has 18 heavy (non-hydrogen) atoms. The van der Waals surface area contributed by atoms with Crippen LogP contribution in [0.4, 0.5) is 11.6 Å². The Labute approximate surface area is 108 Å². The molecule has 0 bridgehead atoms. The van der Waals surface area contributed by atoms with Gasteiger partial charge in [0.1, 0.15) is 6.33 Å². The molecule has 2 N–H and O–H groups in total. The number of nitrogens with zero attached hydrogens (tertiary/aromatic N) is 2. The van der Waals surface area contributed by atoms with Gasteiger partial charge in [0.25, 0.3) is 0 Å². The zero-order valence-electron chi connectivity index (χ0n) is 11.4. The normalized spacial score (nSPS) is 16.2. The third-order valence-corrected chi connectivity index (χ3v) is 3.37. The Morgan fingerprint density at radius 1 is 1.33 bits per heavy atom. The number of hydrogen-bond donors (Lipinski definition) is 2. The first-order chi connectivity index (χ1) is 8.76. The number of ether oxygens (including phenoxy) is 1. The van der Waals surface area contributed by atoms with Gasteiger partial charge >= 0.3 is 0 Å².